The monoisotopic (exact) mass is 312 g/mol. The summed E-state index contributed by atoms with van der Waals surface area (Å²) in [6.45, 7) is 2.90. The number of hydrogen-bond acceptors (Lipinski definition) is 5. The highest BCUT2D eigenvalue weighted by Gasteiger charge is 2.31. The minimum atomic E-state index is -3.48. The molecule has 0 bridgehead atoms. The third-order valence-electron chi connectivity index (χ3n) is 2.94. The third-order valence-corrected chi connectivity index (χ3v) is 5.21. The fraction of sp³-hybridized carbons (Fsp3) is 0.462. The summed E-state index contributed by atoms with van der Waals surface area (Å²) in [6, 6.07) is 3.04. The molecule has 20 heavy (non-hydrogen) atoms. The maximum absolute atomic E-state index is 12.3. The van der Waals surface area contributed by atoms with E-state index in [1.807, 2.05) is 0 Å². The first-order valence-corrected chi connectivity index (χ1v) is 8.16. The molecule has 0 N–H and O–H groups in total. The summed E-state index contributed by atoms with van der Waals surface area (Å²) in [5.74, 6) is 5.81. The van der Waals surface area contributed by atoms with Gasteiger partial charge in [0, 0.05) is 24.4 Å². The van der Waals surface area contributed by atoms with Crippen molar-refractivity contribution in [2.24, 2.45) is 0 Å². The van der Waals surface area contributed by atoms with Gasteiger partial charge >= 0.3 is 0 Å². The van der Waals surface area contributed by atoms with Gasteiger partial charge in [-0.2, -0.15) is 16.9 Å². The van der Waals surface area contributed by atoms with Gasteiger partial charge in [0.1, 0.15) is 4.90 Å². The molecule has 0 amide bonds. The van der Waals surface area contributed by atoms with E-state index in [2.05, 4.69) is 29.5 Å². The van der Waals surface area contributed by atoms with Crippen LogP contribution in [0.1, 0.15) is 13.3 Å². The van der Waals surface area contributed by atoms with Crippen molar-refractivity contribution in [3.8, 4) is 17.7 Å². The molecular formula is C13H16N2O3S2. The van der Waals surface area contributed by atoms with Gasteiger partial charge in [-0.1, -0.05) is 5.92 Å². The number of sulfonamides is 1. The lowest BCUT2D eigenvalue weighted by atomic mass is 10.4. The topological polar surface area (TPSA) is 59.5 Å². The fourth-order valence-electron chi connectivity index (χ4n) is 1.86. The van der Waals surface area contributed by atoms with Crippen LogP contribution in [0.4, 0.5) is 0 Å². The number of ether oxygens (including phenoxy) is 1. The highest BCUT2D eigenvalue weighted by Crippen LogP contribution is 2.23. The van der Waals surface area contributed by atoms with E-state index >= 15 is 0 Å². The van der Waals surface area contributed by atoms with Crippen LogP contribution in [0.5, 0.6) is 5.88 Å². The van der Waals surface area contributed by atoms with E-state index in [9.17, 15) is 8.42 Å². The molecule has 1 unspecified atom stereocenters. The molecule has 1 aliphatic rings. The molecule has 0 aliphatic carbocycles. The molecule has 1 aromatic rings. The molecule has 1 atom stereocenters. The molecule has 0 saturated carbocycles. The summed E-state index contributed by atoms with van der Waals surface area (Å²) in [6.07, 6.45) is 2.09. The lowest BCUT2D eigenvalue weighted by Crippen LogP contribution is -2.29. The van der Waals surface area contributed by atoms with E-state index in [0.717, 1.165) is 6.42 Å². The molecule has 2 heterocycles. The molecule has 2 rings (SSSR count). The quantitative estimate of drug-likeness (QED) is 0.670. The maximum atomic E-state index is 12.3. The Morgan fingerprint density at radius 3 is 2.90 bits per heavy atom. The Morgan fingerprint density at radius 2 is 2.35 bits per heavy atom. The molecule has 0 aromatic carbocycles. The van der Waals surface area contributed by atoms with Crippen LogP contribution in [0.2, 0.25) is 0 Å². The van der Waals surface area contributed by atoms with Crippen LogP contribution < -0.4 is 4.74 Å². The Labute approximate surface area is 124 Å². The van der Waals surface area contributed by atoms with Gasteiger partial charge < -0.3 is 4.74 Å². The van der Waals surface area contributed by atoms with Gasteiger partial charge in [-0.25, -0.2) is 13.4 Å². The van der Waals surface area contributed by atoms with E-state index in [1.54, 1.807) is 13.0 Å². The van der Waals surface area contributed by atoms with Gasteiger partial charge in [0.2, 0.25) is 15.9 Å². The Balaban J connectivity index is 2.10. The zero-order valence-electron chi connectivity index (χ0n) is 11.1. The average Bonchev–Trinajstić information content (AvgIpc) is 2.87. The Kier molecular flexibility index (Phi) is 4.91. The van der Waals surface area contributed by atoms with Crippen molar-refractivity contribution < 1.29 is 13.2 Å². The second-order valence-electron chi connectivity index (χ2n) is 4.35. The minimum Gasteiger partial charge on any atom is -0.464 e. The molecule has 1 aliphatic heterocycles. The third kappa shape index (κ3) is 3.45. The normalized spacial score (nSPS) is 19.4. The van der Waals surface area contributed by atoms with Crippen LogP contribution in [0.15, 0.2) is 23.2 Å². The van der Waals surface area contributed by atoms with Crippen LogP contribution in [0.25, 0.3) is 0 Å². The van der Waals surface area contributed by atoms with Gasteiger partial charge in [0.25, 0.3) is 0 Å². The highest BCUT2D eigenvalue weighted by molar-refractivity contribution is 7.89. The molecule has 1 saturated heterocycles. The molecule has 7 heteroatoms. The van der Waals surface area contributed by atoms with E-state index in [0.29, 0.717) is 19.0 Å². The standard InChI is InChI=1S/C13H16N2O3S2/c1-2-3-8-18-13-5-4-12(9-14-13)20(16,17)15-7-6-11(19)10-15/h4-5,9,11,19H,6-8,10H2,1H3. The fourth-order valence-corrected chi connectivity index (χ4v) is 3.73. The summed E-state index contributed by atoms with van der Waals surface area (Å²) < 4.78 is 31.4. The smallest absolute Gasteiger partial charge is 0.244 e. The SMILES string of the molecule is CC#CCOc1ccc(S(=O)(=O)N2CCC(S)C2)cn1. The van der Waals surface area contributed by atoms with Crippen LogP contribution in [-0.2, 0) is 10.0 Å². The van der Waals surface area contributed by atoms with Gasteiger partial charge in [-0.15, -0.1) is 5.92 Å². The van der Waals surface area contributed by atoms with E-state index in [-0.39, 0.29) is 16.8 Å². The molecular weight excluding hydrogens is 296 g/mol. The number of nitrogens with zero attached hydrogens (tertiary/aromatic N) is 2. The van der Waals surface area contributed by atoms with Crippen molar-refractivity contribution >= 4 is 22.7 Å². The molecule has 108 valence electrons. The summed E-state index contributed by atoms with van der Waals surface area (Å²) in [5.41, 5.74) is 0. The molecule has 1 fully saturated rings. The van der Waals surface area contributed by atoms with Crippen LogP contribution in [-0.4, -0.2) is 42.7 Å². The second kappa shape index (κ2) is 6.48. The lowest BCUT2D eigenvalue weighted by Gasteiger charge is -2.15. The van der Waals surface area contributed by atoms with Crippen molar-refractivity contribution in [3.63, 3.8) is 0 Å². The van der Waals surface area contributed by atoms with Crippen molar-refractivity contribution in [2.45, 2.75) is 23.5 Å². The Morgan fingerprint density at radius 1 is 1.55 bits per heavy atom. The first kappa shape index (κ1) is 15.2. The van der Waals surface area contributed by atoms with Crippen molar-refractivity contribution in [1.29, 1.82) is 0 Å². The predicted molar refractivity (Wildman–Crippen MR) is 79.3 cm³/mol. The maximum Gasteiger partial charge on any atom is 0.244 e. The van der Waals surface area contributed by atoms with Crippen LogP contribution >= 0.6 is 12.6 Å². The summed E-state index contributed by atoms with van der Waals surface area (Å²) >= 11 is 4.31. The van der Waals surface area contributed by atoms with E-state index in [1.165, 1.54) is 16.6 Å². The van der Waals surface area contributed by atoms with Crippen LogP contribution in [0.3, 0.4) is 0 Å². The van der Waals surface area contributed by atoms with E-state index in [4.69, 9.17) is 4.74 Å². The average molecular weight is 312 g/mol. The van der Waals surface area contributed by atoms with Gasteiger partial charge in [0.15, 0.2) is 6.61 Å². The zero-order valence-corrected chi connectivity index (χ0v) is 12.8. The van der Waals surface area contributed by atoms with Crippen molar-refractivity contribution in [2.75, 3.05) is 19.7 Å². The number of aromatic nitrogens is 1. The zero-order chi connectivity index (χ0) is 14.6. The van der Waals surface area contributed by atoms with Crippen molar-refractivity contribution in [3.05, 3.63) is 18.3 Å². The van der Waals surface area contributed by atoms with Gasteiger partial charge in [-0.05, 0) is 19.4 Å². The second-order valence-corrected chi connectivity index (χ2v) is 7.02. The Hall–Kier alpha value is -1.23. The summed E-state index contributed by atoms with van der Waals surface area (Å²) in [5, 5.41) is 0.105. The highest BCUT2D eigenvalue weighted by atomic mass is 32.2. The molecule has 1 aromatic heterocycles. The van der Waals surface area contributed by atoms with Gasteiger partial charge in [0.05, 0.1) is 6.20 Å². The first-order valence-electron chi connectivity index (χ1n) is 6.20. The number of pyridine rings is 1. The Bertz CT molecular complexity index is 617. The number of rotatable bonds is 4. The number of thiol groups is 1. The molecule has 0 radical (unpaired) electrons. The lowest BCUT2D eigenvalue weighted by molar-refractivity contribution is 0.354. The number of hydrogen-bond donors (Lipinski definition) is 1. The predicted octanol–water partition coefficient (Wildman–Crippen LogP) is 1.18. The van der Waals surface area contributed by atoms with Gasteiger partial charge in [-0.3, -0.25) is 0 Å². The van der Waals surface area contributed by atoms with E-state index < -0.39 is 10.0 Å². The summed E-state index contributed by atoms with van der Waals surface area (Å²) in [7, 11) is -3.48. The minimum absolute atomic E-state index is 0.105. The first-order chi connectivity index (χ1) is 9.54. The van der Waals surface area contributed by atoms with Crippen molar-refractivity contribution in [1.82, 2.24) is 9.29 Å². The van der Waals surface area contributed by atoms with Crippen LogP contribution in [0, 0.1) is 11.8 Å². The molecule has 0 spiro atoms. The largest absolute Gasteiger partial charge is 0.464 e. The summed E-state index contributed by atoms with van der Waals surface area (Å²) in [4.78, 5) is 4.17. The molecule has 5 nitrogen and oxygen atoms in total.